The number of rotatable bonds is 4. The van der Waals surface area contributed by atoms with Gasteiger partial charge in [0.1, 0.15) is 5.82 Å². The number of benzene rings is 2. The summed E-state index contributed by atoms with van der Waals surface area (Å²) >= 11 is 6.21. The highest BCUT2D eigenvalue weighted by molar-refractivity contribution is 6.31. The molecule has 1 aliphatic rings. The fourth-order valence-corrected chi connectivity index (χ4v) is 3.77. The van der Waals surface area contributed by atoms with Crippen LogP contribution in [0.15, 0.2) is 60.9 Å². The molecule has 0 radical (unpaired) electrons. The number of amides is 1. The zero-order valence-corrected chi connectivity index (χ0v) is 16.7. The zero-order valence-electron chi connectivity index (χ0n) is 16.0. The molecule has 0 bridgehead atoms. The number of hydrogen-bond acceptors (Lipinski definition) is 3. The lowest BCUT2D eigenvalue weighted by molar-refractivity contribution is 0.0767. The second-order valence-electron chi connectivity index (χ2n) is 7.13. The summed E-state index contributed by atoms with van der Waals surface area (Å²) in [6.45, 7) is 3.37. The minimum absolute atomic E-state index is 0.0173. The van der Waals surface area contributed by atoms with Crippen molar-refractivity contribution in [3.05, 3.63) is 82.9 Å². The first-order valence-electron chi connectivity index (χ1n) is 9.66. The summed E-state index contributed by atoms with van der Waals surface area (Å²) in [4.78, 5) is 17.0. The van der Waals surface area contributed by atoms with Gasteiger partial charge in [0.05, 0.1) is 18.3 Å². The summed E-state index contributed by atoms with van der Waals surface area (Å²) < 4.78 is 14.9. The third-order valence-electron chi connectivity index (χ3n) is 5.15. The van der Waals surface area contributed by atoms with Crippen LogP contribution in [0.1, 0.15) is 22.3 Å². The SMILES string of the molecule is O=C(c1cnn(Cc2ccccc2Cl)c1)N1CCCN(c2ccc(F)cc2)CC1. The molecule has 0 N–H and O–H groups in total. The molecule has 0 unspecified atom stereocenters. The van der Waals surface area contributed by atoms with Crippen LogP contribution in [0.2, 0.25) is 5.02 Å². The van der Waals surface area contributed by atoms with Gasteiger partial charge in [-0.3, -0.25) is 9.48 Å². The topological polar surface area (TPSA) is 41.4 Å². The molecule has 29 heavy (non-hydrogen) atoms. The predicted octanol–water partition coefficient (Wildman–Crippen LogP) is 4.08. The minimum atomic E-state index is -0.242. The molecule has 0 saturated carbocycles. The van der Waals surface area contributed by atoms with E-state index in [2.05, 4.69) is 10.00 Å². The van der Waals surface area contributed by atoms with E-state index in [1.54, 1.807) is 29.2 Å². The Kier molecular flexibility index (Phi) is 5.81. The number of carbonyl (C=O) groups is 1. The molecule has 1 aliphatic heterocycles. The van der Waals surface area contributed by atoms with Crippen molar-refractivity contribution in [2.24, 2.45) is 0 Å². The van der Waals surface area contributed by atoms with E-state index >= 15 is 0 Å². The van der Waals surface area contributed by atoms with Gasteiger partial charge in [0.15, 0.2) is 0 Å². The molecule has 7 heteroatoms. The molecule has 150 valence electrons. The molecule has 4 rings (SSSR count). The number of nitrogens with zero attached hydrogens (tertiary/aromatic N) is 4. The number of halogens is 2. The highest BCUT2D eigenvalue weighted by atomic mass is 35.5. The van der Waals surface area contributed by atoms with Crippen LogP contribution in [-0.4, -0.2) is 46.8 Å². The summed E-state index contributed by atoms with van der Waals surface area (Å²) in [5, 5.41) is 5.01. The summed E-state index contributed by atoms with van der Waals surface area (Å²) in [6.07, 6.45) is 4.24. The summed E-state index contributed by atoms with van der Waals surface area (Å²) in [6, 6.07) is 14.1. The van der Waals surface area contributed by atoms with E-state index in [1.165, 1.54) is 12.1 Å². The molecule has 1 aromatic heterocycles. The van der Waals surface area contributed by atoms with E-state index in [0.717, 1.165) is 24.2 Å². The Hall–Kier alpha value is -2.86. The van der Waals surface area contributed by atoms with Crippen molar-refractivity contribution in [3.8, 4) is 0 Å². The van der Waals surface area contributed by atoms with Crippen LogP contribution in [0.3, 0.4) is 0 Å². The lowest BCUT2D eigenvalue weighted by atomic mass is 10.2. The standard InChI is InChI=1S/C22H22ClFN4O/c23-21-5-2-1-4-17(21)15-28-16-18(14-25-28)22(29)27-11-3-10-26(12-13-27)20-8-6-19(24)7-9-20/h1-2,4-9,14,16H,3,10-13,15H2. The minimum Gasteiger partial charge on any atom is -0.370 e. The van der Waals surface area contributed by atoms with Gasteiger partial charge in [-0.15, -0.1) is 0 Å². The number of aromatic nitrogens is 2. The highest BCUT2D eigenvalue weighted by Crippen LogP contribution is 2.19. The monoisotopic (exact) mass is 412 g/mol. The first kappa shape index (κ1) is 19.5. The summed E-state index contributed by atoms with van der Waals surface area (Å²) in [5.74, 6) is -0.259. The van der Waals surface area contributed by atoms with Gasteiger partial charge in [0, 0.05) is 43.1 Å². The molecule has 1 fully saturated rings. The van der Waals surface area contributed by atoms with E-state index in [0.29, 0.717) is 36.8 Å². The molecule has 0 atom stereocenters. The molecule has 5 nitrogen and oxygen atoms in total. The molecule has 1 amide bonds. The van der Waals surface area contributed by atoms with Gasteiger partial charge in [-0.05, 0) is 42.3 Å². The molecule has 1 saturated heterocycles. The van der Waals surface area contributed by atoms with Crippen molar-refractivity contribution in [2.45, 2.75) is 13.0 Å². The van der Waals surface area contributed by atoms with Gasteiger partial charge in [-0.1, -0.05) is 29.8 Å². The van der Waals surface area contributed by atoms with Crippen LogP contribution in [0.25, 0.3) is 0 Å². The van der Waals surface area contributed by atoms with Crippen molar-refractivity contribution < 1.29 is 9.18 Å². The van der Waals surface area contributed by atoms with Crippen molar-refractivity contribution in [2.75, 3.05) is 31.1 Å². The fourth-order valence-electron chi connectivity index (χ4n) is 3.57. The van der Waals surface area contributed by atoms with Gasteiger partial charge in [-0.25, -0.2) is 4.39 Å². The van der Waals surface area contributed by atoms with Crippen molar-refractivity contribution in [3.63, 3.8) is 0 Å². The molecule has 0 spiro atoms. The Morgan fingerprint density at radius 1 is 1.03 bits per heavy atom. The van der Waals surface area contributed by atoms with Gasteiger partial charge in [-0.2, -0.15) is 5.10 Å². The quantitative estimate of drug-likeness (QED) is 0.648. The number of carbonyl (C=O) groups excluding carboxylic acids is 1. The maximum Gasteiger partial charge on any atom is 0.257 e. The van der Waals surface area contributed by atoms with Crippen LogP contribution >= 0.6 is 11.6 Å². The smallest absolute Gasteiger partial charge is 0.257 e. The molecule has 3 aromatic rings. The fraction of sp³-hybridized carbons (Fsp3) is 0.273. The predicted molar refractivity (Wildman–Crippen MR) is 112 cm³/mol. The second-order valence-corrected chi connectivity index (χ2v) is 7.53. The van der Waals surface area contributed by atoms with Crippen LogP contribution < -0.4 is 4.90 Å². The number of anilines is 1. The Balaban J connectivity index is 1.40. The van der Waals surface area contributed by atoms with E-state index in [1.807, 2.05) is 29.2 Å². The third kappa shape index (κ3) is 4.59. The molecular weight excluding hydrogens is 391 g/mol. The first-order valence-corrected chi connectivity index (χ1v) is 10.0. The van der Waals surface area contributed by atoms with Crippen molar-refractivity contribution >= 4 is 23.2 Å². The lowest BCUT2D eigenvalue weighted by Gasteiger charge is -2.23. The third-order valence-corrected chi connectivity index (χ3v) is 5.51. The summed E-state index contributed by atoms with van der Waals surface area (Å²) in [7, 11) is 0. The van der Waals surface area contributed by atoms with E-state index in [4.69, 9.17) is 11.6 Å². The Bertz CT molecular complexity index is 988. The van der Waals surface area contributed by atoms with Crippen molar-refractivity contribution in [1.82, 2.24) is 14.7 Å². The van der Waals surface area contributed by atoms with Crippen LogP contribution in [0.4, 0.5) is 10.1 Å². The Morgan fingerprint density at radius 3 is 2.62 bits per heavy atom. The van der Waals surface area contributed by atoms with Crippen LogP contribution in [0.5, 0.6) is 0 Å². The molecule has 0 aliphatic carbocycles. The molecule has 2 aromatic carbocycles. The summed E-state index contributed by atoms with van der Waals surface area (Å²) in [5.41, 5.74) is 2.52. The van der Waals surface area contributed by atoms with Crippen LogP contribution in [0, 0.1) is 5.82 Å². The van der Waals surface area contributed by atoms with E-state index in [-0.39, 0.29) is 11.7 Å². The van der Waals surface area contributed by atoms with Crippen molar-refractivity contribution in [1.29, 1.82) is 0 Å². The van der Waals surface area contributed by atoms with E-state index in [9.17, 15) is 9.18 Å². The number of hydrogen-bond donors (Lipinski definition) is 0. The maximum absolute atomic E-state index is 13.2. The van der Waals surface area contributed by atoms with Gasteiger partial charge in [0.25, 0.3) is 5.91 Å². The maximum atomic E-state index is 13.2. The zero-order chi connectivity index (χ0) is 20.2. The van der Waals surface area contributed by atoms with E-state index < -0.39 is 0 Å². The highest BCUT2D eigenvalue weighted by Gasteiger charge is 2.21. The Morgan fingerprint density at radius 2 is 1.83 bits per heavy atom. The largest absolute Gasteiger partial charge is 0.370 e. The average molecular weight is 413 g/mol. The molecule has 2 heterocycles. The Labute approximate surface area is 174 Å². The lowest BCUT2D eigenvalue weighted by Crippen LogP contribution is -2.35. The van der Waals surface area contributed by atoms with Crippen LogP contribution in [-0.2, 0) is 6.54 Å². The van der Waals surface area contributed by atoms with Gasteiger partial charge < -0.3 is 9.80 Å². The van der Waals surface area contributed by atoms with Gasteiger partial charge in [0.2, 0.25) is 0 Å². The first-order chi connectivity index (χ1) is 14.1. The van der Waals surface area contributed by atoms with Gasteiger partial charge >= 0.3 is 0 Å². The normalized spacial score (nSPS) is 14.7. The molecular formula is C22H22ClFN4O. The second kappa shape index (κ2) is 8.66. The average Bonchev–Trinajstić information content (AvgIpc) is 3.05.